The molecule has 1 aliphatic carbocycles. The van der Waals surface area contributed by atoms with Crippen molar-refractivity contribution in [2.24, 2.45) is 0 Å². The predicted molar refractivity (Wildman–Crippen MR) is 57.6 cm³/mol. The smallest absolute Gasteiger partial charge is 0.297 e. The number of halogens is 1. The molecule has 0 saturated heterocycles. The first-order valence-corrected chi connectivity index (χ1v) is 5.42. The van der Waals surface area contributed by atoms with Crippen LogP contribution in [0.15, 0.2) is 11.1 Å². The maximum absolute atomic E-state index is 11.9. The van der Waals surface area contributed by atoms with Gasteiger partial charge in [-0.05, 0) is 12.8 Å². The number of hydrogen-bond acceptors (Lipinski definition) is 3. The normalized spacial score (nSPS) is 16.9. The fraction of sp³-hybridized carbons (Fsp3) is 0.600. The summed E-state index contributed by atoms with van der Waals surface area (Å²) in [7, 11) is 1.43. The molecule has 0 radical (unpaired) electrons. The third kappa shape index (κ3) is 1.86. The largest absolute Gasteiger partial charge is 0.489 e. The third-order valence-electron chi connectivity index (χ3n) is 2.83. The number of rotatable bonds is 2. The molecule has 5 heteroatoms. The Balaban J connectivity index is 2.44. The van der Waals surface area contributed by atoms with Crippen LogP contribution in [-0.4, -0.2) is 16.7 Å². The van der Waals surface area contributed by atoms with Gasteiger partial charge in [0.2, 0.25) is 5.75 Å². The van der Waals surface area contributed by atoms with E-state index in [-0.39, 0.29) is 22.5 Å². The summed E-state index contributed by atoms with van der Waals surface area (Å²) in [4.78, 5) is 15.9. The van der Waals surface area contributed by atoms with Crippen LogP contribution in [0.3, 0.4) is 0 Å². The minimum atomic E-state index is -0.176. The molecular weight excluding hydrogens is 216 g/mol. The Morgan fingerprint density at radius 3 is 2.80 bits per heavy atom. The lowest BCUT2D eigenvalue weighted by molar-refractivity contribution is 0.389. The van der Waals surface area contributed by atoms with Crippen LogP contribution in [0.2, 0.25) is 5.15 Å². The van der Waals surface area contributed by atoms with Gasteiger partial charge in [-0.1, -0.05) is 24.4 Å². The predicted octanol–water partition coefficient (Wildman–Crippen LogP) is 2.02. The van der Waals surface area contributed by atoms with Crippen molar-refractivity contribution in [3.8, 4) is 5.75 Å². The maximum Gasteiger partial charge on any atom is 0.297 e. The Morgan fingerprint density at radius 1 is 1.53 bits per heavy atom. The molecule has 15 heavy (non-hydrogen) atoms. The molecule has 1 heterocycles. The number of aromatic nitrogens is 2. The van der Waals surface area contributed by atoms with Gasteiger partial charge in [0.25, 0.3) is 5.56 Å². The van der Waals surface area contributed by atoms with Gasteiger partial charge in [0.05, 0.1) is 13.4 Å². The van der Waals surface area contributed by atoms with E-state index in [4.69, 9.17) is 16.3 Å². The Labute approximate surface area is 92.8 Å². The molecule has 1 aromatic rings. The number of hydrogen-bond donors (Lipinski definition) is 0. The van der Waals surface area contributed by atoms with Crippen LogP contribution in [0.1, 0.15) is 31.7 Å². The summed E-state index contributed by atoms with van der Waals surface area (Å²) in [5.41, 5.74) is -0.176. The van der Waals surface area contributed by atoms with E-state index in [1.807, 2.05) is 0 Å². The molecule has 0 atom stereocenters. The van der Waals surface area contributed by atoms with Crippen molar-refractivity contribution >= 4 is 11.6 Å². The van der Waals surface area contributed by atoms with Gasteiger partial charge < -0.3 is 4.74 Å². The summed E-state index contributed by atoms with van der Waals surface area (Å²) in [6.07, 6.45) is 5.92. The van der Waals surface area contributed by atoms with Crippen LogP contribution < -0.4 is 10.3 Å². The molecule has 1 fully saturated rings. The maximum atomic E-state index is 11.9. The zero-order valence-corrected chi connectivity index (χ0v) is 9.33. The molecule has 0 amide bonds. The summed E-state index contributed by atoms with van der Waals surface area (Å²) in [6, 6.07) is 0.260. The van der Waals surface area contributed by atoms with Crippen LogP contribution >= 0.6 is 11.6 Å². The van der Waals surface area contributed by atoms with Crippen molar-refractivity contribution in [1.82, 2.24) is 9.55 Å². The second kappa shape index (κ2) is 4.23. The summed E-state index contributed by atoms with van der Waals surface area (Å²) >= 11 is 5.76. The summed E-state index contributed by atoms with van der Waals surface area (Å²) in [6.45, 7) is 0. The molecule has 4 nitrogen and oxygen atoms in total. The Kier molecular flexibility index (Phi) is 2.95. The highest BCUT2D eigenvalue weighted by Gasteiger charge is 2.20. The Hall–Kier alpha value is -1.03. The van der Waals surface area contributed by atoms with Gasteiger partial charge in [-0.2, -0.15) is 0 Å². The molecule has 1 saturated carbocycles. The fourth-order valence-electron chi connectivity index (χ4n) is 2.04. The van der Waals surface area contributed by atoms with Crippen LogP contribution in [-0.2, 0) is 0 Å². The number of ether oxygens (including phenoxy) is 1. The van der Waals surface area contributed by atoms with Crippen molar-refractivity contribution in [2.75, 3.05) is 7.11 Å². The highest BCUT2D eigenvalue weighted by atomic mass is 35.5. The standard InChI is InChI=1S/C10H13ClN2O2/c1-15-8-9(11)12-6-13(10(8)14)7-4-2-3-5-7/h6-7H,2-5H2,1H3. The number of methoxy groups -OCH3 is 1. The second-order valence-corrected chi connectivity index (χ2v) is 4.08. The molecule has 0 unspecified atom stereocenters. The van der Waals surface area contributed by atoms with Crippen molar-refractivity contribution in [3.63, 3.8) is 0 Å². The highest BCUT2D eigenvalue weighted by molar-refractivity contribution is 6.30. The van der Waals surface area contributed by atoms with Crippen LogP contribution in [0.5, 0.6) is 5.75 Å². The summed E-state index contributed by atoms with van der Waals surface area (Å²) in [5, 5.41) is 0.136. The van der Waals surface area contributed by atoms with Crippen LogP contribution in [0, 0.1) is 0 Å². The van der Waals surface area contributed by atoms with Gasteiger partial charge in [0.1, 0.15) is 0 Å². The first-order chi connectivity index (χ1) is 7.24. The van der Waals surface area contributed by atoms with E-state index in [0.717, 1.165) is 12.8 Å². The van der Waals surface area contributed by atoms with E-state index in [1.54, 1.807) is 4.57 Å². The molecule has 82 valence electrons. The molecular formula is C10H13ClN2O2. The lowest BCUT2D eigenvalue weighted by Gasteiger charge is -2.13. The average Bonchev–Trinajstić information content (AvgIpc) is 2.71. The SMILES string of the molecule is COc1c(Cl)ncn(C2CCCC2)c1=O. The quantitative estimate of drug-likeness (QED) is 0.728. The highest BCUT2D eigenvalue weighted by Crippen LogP contribution is 2.29. The van der Waals surface area contributed by atoms with Gasteiger partial charge in [0, 0.05) is 6.04 Å². The molecule has 1 aromatic heterocycles. The van der Waals surface area contributed by atoms with E-state index in [2.05, 4.69) is 4.98 Å². The Bertz CT molecular complexity index is 410. The number of nitrogens with zero attached hydrogens (tertiary/aromatic N) is 2. The van der Waals surface area contributed by atoms with Gasteiger partial charge in [0.15, 0.2) is 5.15 Å². The van der Waals surface area contributed by atoms with Crippen molar-refractivity contribution in [3.05, 3.63) is 21.8 Å². The van der Waals surface area contributed by atoms with E-state index >= 15 is 0 Å². The fourth-order valence-corrected chi connectivity index (χ4v) is 2.25. The van der Waals surface area contributed by atoms with E-state index < -0.39 is 0 Å². The van der Waals surface area contributed by atoms with E-state index in [1.165, 1.54) is 26.3 Å². The van der Waals surface area contributed by atoms with E-state index in [9.17, 15) is 4.79 Å². The Morgan fingerprint density at radius 2 is 2.20 bits per heavy atom. The van der Waals surface area contributed by atoms with E-state index in [0.29, 0.717) is 0 Å². The molecule has 2 rings (SSSR count). The minimum Gasteiger partial charge on any atom is -0.489 e. The van der Waals surface area contributed by atoms with Crippen molar-refractivity contribution in [2.45, 2.75) is 31.7 Å². The lowest BCUT2D eigenvalue weighted by Crippen LogP contribution is -2.25. The third-order valence-corrected chi connectivity index (χ3v) is 3.10. The second-order valence-electron chi connectivity index (χ2n) is 3.72. The molecule has 1 aliphatic rings. The topological polar surface area (TPSA) is 44.1 Å². The lowest BCUT2D eigenvalue weighted by atomic mass is 10.2. The van der Waals surface area contributed by atoms with Crippen molar-refractivity contribution < 1.29 is 4.74 Å². The van der Waals surface area contributed by atoms with Gasteiger partial charge in [-0.15, -0.1) is 0 Å². The molecule has 0 N–H and O–H groups in total. The average molecular weight is 229 g/mol. The molecule has 0 aromatic carbocycles. The monoisotopic (exact) mass is 228 g/mol. The first kappa shape index (κ1) is 10.5. The van der Waals surface area contributed by atoms with Gasteiger partial charge >= 0.3 is 0 Å². The summed E-state index contributed by atoms with van der Waals surface area (Å²) in [5.74, 6) is 0.145. The minimum absolute atomic E-state index is 0.136. The van der Waals surface area contributed by atoms with Crippen molar-refractivity contribution in [1.29, 1.82) is 0 Å². The molecule has 0 bridgehead atoms. The summed E-state index contributed by atoms with van der Waals surface area (Å²) < 4.78 is 6.58. The first-order valence-electron chi connectivity index (χ1n) is 5.04. The molecule has 0 spiro atoms. The van der Waals surface area contributed by atoms with Crippen LogP contribution in [0.25, 0.3) is 0 Å². The van der Waals surface area contributed by atoms with Gasteiger partial charge in [-0.3, -0.25) is 9.36 Å². The molecule has 0 aliphatic heterocycles. The zero-order valence-electron chi connectivity index (χ0n) is 8.57. The zero-order chi connectivity index (χ0) is 10.8. The van der Waals surface area contributed by atoms with Crippen LogP contribution in [0.4, 0.5) is 0 Å². The van der Waals surface area contributed by atoms with Gasteiger partial charge in [-0.25, -0.2) is 4.98 Å².